The predicted molar refractivity (Wildman–Crippen MR) is 97.6 cm³/mol. The third kappa shape index (κ3) is 3.90. The highest BCUT2D eigenvalue weighted by Crippen LogP contribution is 2.26. The number of hydrogen-bond donors (Lipinski definition) is 1. The van der Waals surface area contributed by atoms with Crippen LogP contribution in [0.5, 0.6) is 5.75 Å². The molecule has 0 saturated carbocycles. The number of carbonyl (C=O) groups excluding carboxylic acids is 1. The lowest BCUT2D eigenvalue weighted by atomic mass is 10.2. The molecule has 0 spiro atoms. The molecule has 0 unspecified atom stereocenters. The fourth-order valence-electron chi connectivity index (χ4n) is 2.36. The Morgan fingerprint density at radius 3 is 2.57 bits per heavy atom. The van der Waals surface area contributed by atoms with E-state index < -0.39 is 17.0 Å². The third-order valence-corrected chi connectivity index (χ3v) is 3.87. The molecule has 0 bridgehead atoms. The molecule has 2 aromatic carbocycles. The second-order valence-corrected chi connectivity index (χ2v) is 5.75. The van der Waals surface area contributed by atoms with Crippen molar-refractivity contribution in [1.82, 2.24) is 10.2 Å². The highest BCUT2D eigenvalue weighted by Gasteiger charge is 2.22. The van der Waals surface area contributed by atoms with E-state index in [1.807, 2.05) is 0 Å². The Kier molecular flexibility index (Phi) is 5.21. The zero-order valence-corrected chi connectivity index (χ0v) is 15.0. The Hall–Kier alpha value is -3.95. The Labute approximate surface area is 159 Å². The van der Waals surface area contributed by atoms with Gasteiger partial charge in [0.25, 0.3) is 11.6 Å². The summed E-state index contributed by atoms with van der Waals surface area (Å²) in [6, 6.07) is 10.7. The molecule has 0 saturated heterocycles. The average Bonchev–Trinajstić information content (AvgIpc) is 3.18. The number of nitrogens with two attached hydrogens (primary N) is 1. The van der Waals surface area contributed by atoms with Crippen molar-refractivity contribution in [1.29, 1.82) is 0 Å². The second-order valence-electron chi connectivity index (χ2n) is 5.75. The van der Waals surface area contributed by atoms with Crippen LogP contribution in [0.2, 0.25) is 0 Å². The van der Waals surface area contributed by atoms with Gasteiger partial charge in [-0.3, -0.25) is 10.1 Å². The number of nitro benzene ring substituents is 1. The van der Waals surface area contributed by atoms with Crippen LogP contribution in [0, 0.1) is 10.1 Å². The SMILES string of the molecule is COc1ccc(-c2nnc([C@@H](C)OC(=O)c3ccc(N)c([N+](=O)[O-])c3)o2)cc1. The summed E-state index contributed by atoms with van der Waals surface area (Å²) in [7, 11) is 1.56. The highest BCUT2D eigenvalue weighted by atomic mass is 16.6. The van der Waals surface area contributed by atoms with Crippen molar-refractivity contribution >= 4 is 17.3 Å². The van der Waals surface area contributed by atoms with E-state index in [4.69, 9.17) is 19.6 Å². The second kappa shape index (κ2) is 7.74. The first-order chi connectivity index (χ1) is 13.4. The number of anilines is 1. The first-order valence-corrected chi connectivity index (χ1v) is 8.11. The van der Waals surface area contributed by atoms with E-state index in [2.05, 4.69) is 10.2 Å². The third-order valence-electron chi connectivity index (χ3n) is 3.87. The van der Waals surface area contributed by atoms with Gasteiger partial charge in [0.1, 0.15) is 11.4 Å². The summed E-state index contributed by atoms with van der Waals surface area (Å²) in [4.78, 5) is 22.6. The van der Waals surface area contributed by atoms with Gasteiger partial charge in [0.15, 0.2) is 6.10 Å². The molecule has 0 fully saturated rings. The molecule has 0 aliphatic heterocycles. The first kappa shape index (κ1) is 18.8. The van der Waals surface area contributed by atoms with Crippen LogP contribution in [0.1, 0.15) is 29.3 Å². The molecule has 3 aromatic rings. The molecule has 144 valence electrons. The summed E-state index contributed by atoms with van der Waals surface area (Å²) in [6.45, 7) is 1.55. The number of nitrogens with zero attached hydrogens (tertiary/aromatic N) is 3. The van der Waals surface area contributed by atoms with Crippen molar-refractivity contribution < 1.29 is 23.6 Å². The zero-order chi connectivity index (χ0) is 20.3. The summed E-state index contributed by atoms with van der Waals surface area (Å²) < 4.78 is 15.9. The van der Waals surface area contributed by atoms with Gasteiger partial charge in [0.05, 0.1) is 17.6 Å². The summed E-state index contributed by atoms with van der Waals surface area (Å²) in [5.41, 5.74) is 5.77. The highest BCUT2D eigenvalue weighted by molar-refractivity contribution is 5.91. The van der Waals surface area contributed by atoms with Gasteiger partial charge in [-0.05, 0) is 43.3 Å². The molecule has 10 nitrogen and oxygen atoms in total. The Morgan fingerprint density at radius 1 is 1.21 bits per heavy atom. The maximum atomic E-state index is 12.3. The van der Waals surface area contributed by atoms with E-state index in [0.717, 1.165) is 6.07 Å². The number of nitro groups is 1. The molecule has 3 rings (SSSR count). The summed E-state index contributed by atoms with van der Waals surface area (Å²) in [5, 5.41) is 18.8. The minimum atomic E-state index is -0.858. The maximum Gasteiger partial charge on any atom is 0.339 e. The Balaban J connectivity index is 1.73. The van der Waals surface area contributed by atoms with Crippen LogP contribution >= 0.6 is 0 Å². The van der Waals surface area contributed by atoms with Gasteiger partial charge in [-0.15, -0.1) is 10.2 Å². The quantitative estimate of drug-likeness (QED) is 0.293. The van der Waals surface area contributed by atoms with Crippen molar-refractivity contribution in [3.8, 4) is 17.2 Å². The number of nitrogen functional groups attached to an aromatic ring is 1. The molecule has 0 radical (unpaired) electrons. The van der Waals surface area contributed by atoms with Gasteiger partial charge in [0, 0.05) is 11.6 Å². The lowest BCUT2D eigenvalue weighted by Gasteiger charge is -2.09. The van der Waals surface area contributed by atoms with Gasteiger partial charge in [0.2, 0.25) is 5.89 Å². The number of rotatable bonds is 6. The Morgan fingerprint density at radius 2 is 1.93 bits per heavy atom. The van der Waals surface area contributed by atoms with Crippen LogP contribution in [0.25, 0.3) is 11.5 Å². The molecule has 0 amide bonds. The van der Waals surface area contributed by atoms with Crippen LogP contribution in [0.15, 0.2) is 46.9 Å². The van der Waals surface area contributed by atoms with E-state index in [-0.39, 0.29) is 28.7 Å². The lowest BCUT2D eigenvalue weighted by Crippen LogP contribution is -2.10. The van der Waals surface area contributed by atoms with Crippen LogP contribution in [-0.2, 0) is 4.74 Å². The summed E-state index contributed by atoms with van der Waals surface area (Å²) in [6.07, 6.45) is -0.858. The number of carbonyl (C=O) groups is 1. The van der Waals surface area contributed by atoms with Gasteiger partial charge >= 0.3 is 5.97 Å². The van der Waals surface area contributed by atoms with Crippen LogP contribution in [0.4, 0.5) is 11.4 Å². The number of esters is 1. The lowest BCUT2D eigenvalue weighted by molar-refractivity contribution is -0.383. The fraction of sp³-hybridized carbons (Fsp3) is 0.167. The maximum absolute atomic E-state index is 12.3. The first-order valence-electron chi connectivity index (χ1n) is 8.11. The summed E-state index contributed by atoms with van der Waals surface area (Å²) in [5.74, 6) is 0.246. The van der Waals surface area contributed by atoms with Crippen molar-refractivity contribution in [2.24, 2.45) is 0 Å². The van der Waals surface area contributed by atoms with E-state index in [1.165, 1.54) is 12.1 Å². The molecule has 2 N–H and O–H groups in total. The van der Waals surface area contributed by atoms with Crippen molar-refractivity contribution in [2.45, 2.75) is 13.0 Å². The molecule has 10 heteroatoms. The zero-order valence-electron chi connectivity index (χ0n) is 15.0. The standard InChI is InChI=1S/C18H16N4O6/c1-10(27-18(23)12-5-8-14(19)15(9-12)22(24)25)16-20-21-17(28-16)11-3-6-13(26-2)7-4-11/h3-10H,19H2,1-2H3/t10-/m1/s1. The van der Waals surface area contributed by atoms with Crippen molar-refractivity contribution in [2.75, 3.05) is 12.8 Å². The van der Waals surface area contributed by atoms with E-state index in [0.29, 0.717) is 11.3 Å². The fourth-order valence-corrected chi connectivity index (χ4v) is 2.36. The van der Waals surface area contributed by atoms with Gasteiger partial charge in [-0.1, -0.05) is 0 Å². The van der Waals surface area contributed by atoms with Gasteiger partial charge in [-0.2, -0.15) is 0 Å². The minimum absolute atomic E-state index is 0.0114. The predicted octanol–water partition coefficient (Wildman–Crippen LogP) is 3.15. The van der Waals surface area contributed by atoms with Crippen LogP contribution in [-0.4, -0.2) is 28.2 Å². The summed E-state index contributed by atoms with van der Waals surface area (Å²) >= 11 is 0. The van der Waals surface area contributed by atoms with E-state index in [1.54, 1.807) is 38.3 Å². The number of ether oxygens (including phenoxy) is 2. The minimum Gasteiger partial charge on any atom is -0.497 e. The molecule has 0 aliphatic carbocycles. The van der Waals surface area contributed by atoms with E-state index >= 15 is 0 Å². The number of hydrogen-bond acceptors (Lipinski definition) is 9. The van der Waals surface area contributed by atoms with Crippen molar-refractivity contribution in [3.63, 3.8) is 0 Å². The number of benzene rings is 2. The van der Waals surface area contributed by atoms with Crippen LogP contribution < -0.4 is 10.5 Å². The average molecular weight is 384 g/mol. The topological polar surface area (TPSA) is 144 Å². The molecule has 28 heavy (non-hydrogen) atoms. The smallest absolute Gasteiger partial charge is 0.339 e. The Bertz CT molecular complexity index is 1020. The van der Waals surface area contributed by atoms with Gasteiger partial charge < -0.3 is 19.6 Å². The molecule has 1 aromatic heterocycles. The van der Waals surface area contributed by atoms with Crippen molar-refractivity contribution in [3.05, 3.63) is 64.0 Å². The number of methoxy groups -OCH3 is 1. The van der Waals surface area contributed by atoms with E-state index in [9.17, 15) is 14.9 Å². The normalized spacial score (nSPS) is 11.6. The van der Waals surface area contributed by atoms with Gasteiger partial charge in [-0.25, -0.2) is 4.79 Å². The van der Waals surface area contributed by atoms with Crippen LogP contribution in [0.3, 0.4) is 0 Å². The number of aromatic nitrogens is 2. The molecular weight excluding hydrogens is 368 g/mol. The molecule has 0 aliphatic rings. The largest absolute Gasteiger partial charge is 0.497 e. The molecule has 1 heterocycles. The monoisotopic (exact) mass is 384 g/mol. The molecular formula is C18H16N4O6. The molecule has 1 atom stereocenters.